The summed E-state index contributed by atoms with van der Waals surface area (Å²) in [6, 6.07) is 10.9. The van der Waals surface area contributed by atoms with Crippen molar-refractivity contribution in [3.05, 3.63) is 65.9 Å². The molecule has 1 N–H and O–H groups in total. The SMILES string of the molecule is Cc1sc(-c2ccco2)nc1C(=O)Nc1ccc(-n2cncn2)cc1. The first-order valence-electron chi connectivity index (χ1n) is 7.48. The quantitative estimate of drug-likeness (QED) is 0.608. The molecule has 0 radical (unpaired) electrons. The normalized spacial score (nSPS) is 10.8. The van der Waals surface area contributed by atoms with E-state index in [1.807, 2.05) is 37.3 Å². The Balaban J connectivity index is 1.52. The molecule has 7 nitrogen and oxygen atoms in total. The van der Waals surface area contributed by atoms with E-state index < -0.39 is 0 Å². The molecular formula is C17H13N5O2S. The number of aryl methyl sites for hydroxylation is 1. The number of furan rings is 1. The van der Waals surface area contributed by atoms with Crippen molar-refractivity contribution in [3.8, 4) is 16.5 Å². The van der Waals surface area contributed by atoms with E-state index in [1.54, 1.807) is 23.3 Å². The third-order valence-electron chi connectivity index (χ3n) is 3.55. The molecule has 0 aliphatic heterocycles. The van der Waals surface area contributed by atoms with Crippen LogP contribution in [0.1, 0.15) is 15.4 Å². The Morgan fingerprint density at radius 1 is 1.24 bits per heavy atom. The van der Waals surface area contributed by atoms with Gasteiger partial charge in [-0.25, -0.2) is 14.6 Å². The van der Waals surface area contributed by atoms with Crippen LogP contribution in [0.3, 0.4) is 0 Å². The van der Waals surface area contributed by atoms with Gasteiger partial charge in [0.25, 0.3) is 5.91 Å². The van der Waals surface area contributed by atoms with Gasteiger partial charge in [-0.2, -0.15) is 5.10 Å². The predicted octanol–water partition coefficient (Wildman–Crippen LogP) is 3.54. The van der Waals surface area contributed by atoms with Crippen LogP contribution in [0, 0.1) is 6.92 Å². The third-order valence-corrected chi connectivity index (χ3v) is 4.54. The number of anilines is 1. The second-order valence-electron chi connectivity index (χ2n) is 5.24. The van der Waals surface area contributed by atoms with Crippen molar-refractivity contribution < 1.29 is 9.21 Å². The molecule has 0 fully saturated rings. The number of nitrogens with zero attached hydrogens (tertiary/aromatic N) is 4. The summed E-state index contributed by atoms with van der Waals surface area (Å²) in [5, 5.41) is 7.61. The van der Waals surface area contributed by atoms with Crippen LogP contribution in [0.2, 0.25) is 0 Å². The van der Waals surface area contributed by atoms with Crippen molar-refractivity contribution in [1.82, 2.24) is 19.7 Å². The molecule has 0 aliphatic rings. The van der Waals surface area contributed by atoms with Crippen molar-refractivity contribution in [2.24, 2.45) is 0 Å². The Labute approximate surface area is 147 Å². The van der Waals surface area contributed by atoms with Crippen molar-refractivity contribution in [1.29, 1.82) is 0 Å². The molecule has 0 unspecified atom stereocenters. The van der Waals surface area contributed by atoms with Crippen LogP contribution in [-0.4, -0.2) is 25.7 Å². The highest BCUT2D eigenvalue weighted by Gasteiger charge is 2.17. The Bertz CT molecular complexity index is 989. The van der Waals surface area contributed by atoms with Gasteiger partial charge in [-0.3, -0.25) is 4.79 Å². The maximum atomic E-state index is 12.5. The van der Waals surface area contributed by atoms with Crippen molar-refractivity contribution in [2.75, 3.05) is 5.32 Å². The van der Waals surface area contributed by atoms with Crippen LogP contribution in [-0.2, 0) is 0 Å². The van der Waals surface area contributed by atoms with Gasteiger partial charge in [-0.05, 0) is 43.3 Å². The van der Waals surface area contributed by atoms with E-state index in [0.717, 1.165) is 10.6 Å². The van der Waals surface area contributed by atoms with Crippen LogP contribution in [0.25, 0.3) is 16.5 Å². The summed E-state index contributed by atoms with van der Waals surface area (Å²) < 4.78 is 6.98. The Hall–Kier alpha value is -3.26. The number of carbonyl (C=O) groups is 1. The van der Waals surface area contributed by atoms with Crippen LogP contribution in [0.5, 0.6) is 0 Å². The van der Waals surface area contributed by atoms with Gasteiger partial charge in [0.15, 0.2) is 10.8 Å². The first-order chi connectivity index (χ1) is 12.2. The van der Waals surface area contributed by atoms with Gasteiger partial charge >= 0.3 is 0 Å². The van der Waals surface area contributed by atoms with Crippen LogP contribution >= 0.6 is 11.3 Å². The molecule has 124 valence electrons. The number of hydrogen-bond donors (Lipinski definition) is 1. The molecule has 8 heteroatoms. The molecule has 3 heterocycles. The zero-order valence-electron chi connectivity index (χ0n) is 13.2. The lowest BCUT2D eigenvalue weighted by Crippen LogP contribution is -2.13. The highest BCUT2D eigenvalue weighted by Crippen LogP contribution is 2.28. The number of nitrogens with one attached hydrogen (secondary N) is 1. The first-order valence-corrected chi connectivity index (χ1v) is 8.30. The smallest absolute Gasteiger partial charge is 0.275 e. The number of amides is 1. The third kappa shape index (κ3) is 3.07. The Kier molecular flexibility index (Phi) is 3.87. The first kappa shape index (κ1) is 15.3. The lowest BCUT2D eigenvalue weighted by Gasteiger charge is -2.05. The lowest BCUT2D eigenvalue weighted by atomic mass is 10.2. The largest absolute Gasteiger partial charge is 0.462 e. The zero-order valence-corrected chi connectivity index (χ0v) is 14.0. The molecule has 0 saturated heterocycles. The summed E-state index contributed by atoms with van der Waals surface area (Å²) in [7, 11) is 0. The second kappa shape index (κ2) is 6.33. The minimum atomic E-state index is -0.250. The van der Waals surface area contributed by atoms with Crippen LogP contribution < -0.4 is 5.32 Å². The monoisotopic (exact) mass is 351 g/mol. The number of aromatic nitrogens is 4. The molecule has 1 aromatic carbocycles. The van der Waals surface area contributed by atoms with Gasteiger partial charge in [0, 0.05) is 10.6 Å². The minimum Gasteiger partial charge on any atom is -0.462 e. The Morgan fingerprint density at radius 3 is 2.76 bits per heavy atom. The topological polar surface area (TPSA) is 85.8 Å². The van der Waals surface area contributed by atoms with Gasteiger partial charge in [0.1, 0.15) is 18.3 Å². The van der Waals surface area contributed by atoms with E-state index in [2.05, 4.69) is 20.4 Å². The molecular weight excluding hydrogens is 338 g/mol. The second-order valence-corrected chi connectivity index (χ2v) is 6.45. The average Bonchev–Trinajstić information content (AvgIpc) is 3.37. The molecule has 4 rings (SSSR count). The molecule has 0 atom stereocenters. The van der Waals surface area contributed by atoms with Crippen molar-refractivity contribution >= 4 is 22.9 Å². The molecule has 0 bridgehead atoms. The van der Waals surface area contributed by atoms with Gasteiger partial charge in [-0.15, -0.1) is 11.3 Å². The van der Waals surface area contributed by atoms with Gasteiger partial charge in [-0.1, -0.05) is 0 Å². The summed E-state index contributed by atoms with van der Waals surface area (Å²) in [5.41, 5.74) is 1.94. The average molecular weight is 351 g/mol. The van der Waals surface area contributed by atoms with E-state index >= 15 is 0 Å². The minimum absolute atomic E-state index is 0.250. The maximum Gasteiger partial charge on any atom is 0.275 e. The molecule has 0 aliphatic carbocycles. The van der Waals surface area contributed by atoms with E-state index in [0.29, 0.717) is 22.1 Å². The number of carbonyl (C=O) groups excluding carboxylic acids is 1. The highest BCUT2D eigenvalue weighted by molar-refractivity contribution is 7.15. The lowest BCUT2D eigenvalue weighted by molar-refractivity contribution is 0.102. The number of thiazole rings is 1. The van der Waals surface area contributed by atoms with E-state index in [4.69, 9.17) is 4.42 Å². The molecule has 25 heavy (non-hydrogen) atoms. The Morgan fingerprint density at radius 2 is 2.08 bits per heavy atom. The molecule has 0 spiro atoms. The van der Waals surface area contributed by atoms with Crippen LogP contribution in [0.15, 0.2) is 59.7 Å². The standard InChI is InChI=1S/C17H13N5O2S/c1-11-15(21-17(25-11)14-3-2-8-24-14)16(23)20-12-4-6-13(7-5-12)22-10-18-9-19-22/h2-10H,1H3,(H,20,23). The van der Waals surface area contributed by atoms with Crippen molar-refractivity contribution in [3.63, 3.8) is 0 Å². The van der Waals surface area contributed by atoms with Gasteiger partial charge < -0.3 is 9.73 Å². The summed E-state index contributed by atoms with van der Waals surface area (Å²) in [6.07, 6.45) is 4.67. The van der Waals surface area contributed by atoms with Crippen molar-refractivity contribution in [2.45, 2.75) is 6.92 Å². The van der Waals surface area contributed by atoms with Gasteiger partial charge in [0.05, 0.1) is 12.0 Å². The fourth-order valence-electron chi connectivity index (χ4n) is 2.34. The van der Waals surface area contributed by atoms with E-state index in [9.17, 15) is 4.79 Å². The molecule has 4 aromatic rings. The summed E-state index contributed by atoms with van der Waals surface area (Å²) in [5.74, 6) is 0.407. The maximum absolute atomic E-state index is 12.5. The highest BCUT2D eigenvalue weighted by atomic mass is 32.1. The number of rotatable bonds is 4. The summed E-state index contributed by atoms with van der Waals surface area (Å²) in [6.45, 7) is 1.87. The van der Waals surface area contributed by atoms with E-state index in [1.165, 1.54) is 17.7 Å². The van der Waals surface area contributed by atoms with Gasteiger partial charge in [0.2, 0.25) is 0 Å². The molecule has 1 amide bonds. The van der Waals surface area contributed by atoms with Crippen LogP contribution in [0.4, 0.5) is 5.69 Å². The number of benzene rings is 1. The predicted molar refractivity (Wildman–Crippen MR) is 93.9 cm³/mol. The zero-order chi connectivity index (χ0) is 17.2. The summed E-state index contributed by atoms with van der Waals surface area (Å²) >= 11 is 1.43. The fraction of sp³-hybridized carbons (Fsp3) is 0.0588. The molecule has 3 aromatic heterocycles. The fourth-order valence-corrected chi connectivity index (χ4v) is 3.22. The molecule has 0 saturated carbocycles. The number of hydrogen-bond acceptors (Lipinski definition) is 6. The van der Waals surface area contributed by atoms with E-state index in [-0.39, 0.29) is 5.91 Å². The summed E-state index contributed by atoms with van der Waals surface area (Å²) in [4.78, 5) is 21.6.